The van der Waals surface area contributed by atoms with Crippen molar-refractivity contribution in [2.45, 2.75) is 19.9 Å². The highest BCUT2D eigenvalue weighted by atomic mass is 19.1. The highest BCUT2D eigenvalue weighted by molar-refractivity contribution is 5.66. The lowest BCUT2D eigenvalue weighted by molar-refractivity contribution is -0.384. The van der Waals surface area contributed by atoms with Crippen LogP contribution in [-0.4, -0.2) is 36.7 Å². The van der Waals surface area contributed by atoms with Gasteiger partial charge in [0.1, 0.15) is 17.5 Å². The maximum atomic E-state index is 13.0. The van der Waals surface area contributed by atoms with Crippen LogP contribution >= 0.6 is 0 Å². The third kappa shape index (κ3) is 4.47. The largest absolute Gasteiger partial charge is 0.477 e. The lowest BCUT2D eigenvalue weighted by atomic mass is 10.3. The highest BCUT2D eigenvalue weighted by Gasteiger charge is 2.19. The SMILES string of the molecule is CCOc1cc(Nc2nc(N[C@@H](C)c3ncc(F)cn3)ccc2[N+](=O)[O-])[nH]n1. The zero-order valence-electron chi connectivity index (χ0n) is 15.0. The third-order valence-corrected chi connectivity index (χ3v) is 3.56. The molecule has 0 saturated heterocycles. The molecular weight excluding hydrogens is 371 g/mol. The van der Waals surface area contributed by atoms with Crippen molar-refractivity contribution in [2.75, 3.05) is 17.2 Å². The molecule has 3 aromatic heterocycles. The summed E-state index contributed by atoms with van der Waals surface area (Å²) in [5.74, 6) is 0.898. The number of hydrogen-bond acceptors (Lipinski definition) is 9. The molecule has 12 heteroatoms. The lowest BCUT2D eigenvalue weighted by Gasteiger charge is -2.14. The highest BCUT2D eigenvalue weighted by Crippen LogP contribution is 2.28. The van der Waals surface area contributed by atoms with Crippen LogP contribution in [0.25, 0.3) is 0 Å². The van der Waals surface area contributed by atoms with Crippen LogP contribution in [-0.2, 0) is 0 Å². The molecule has 0 aliphatic carbocycles. The van der Waals surface area contributed by atoms with Crippen molar-refractivity contribution in [3.63, 3.8) is 0 Å². The fourth-order valence-corrected chi connectivity index (χ4v) is 2.32. The number of nitro groups is 1. The minimum atomic E-state index is -0.550. The van der Waals surface area contributed by atoms with E-state index in [1.165, 1.54) is 12.1 Å². The first-order valence-corrected chi connectivity index (χ1v) is 8.31. The minimum Gasteiger partial charge on any atom is -0.477 e. The number of aromatic amines is 1. The summed E-state index contributed by atoms with van der Waals surface area (Å²) in [5.41, 5.74) is -0.219. The van der Waals surface area contributed by atoms with E-state index < -0.39 is 16.8 Å². The Hall–Kier alpha value is -3.83. The first kappa shape index (κ1) is 18.9. The number of anilines is 3. The van der Waals surface area contributed by atoms with E-state index in [1.807, 2.05) is 6.92 Å². The molecular formula is C16H17FN8O3. The quantitative estimate of drug-likeness (QED) is 0.392. The van der Waals surface area contributed by atoms with Crippen molar-refractivity contribution in [3.8, 4) is 5.88 Å². The molecule has 0 spiro atoms. The molecule has 0 unspecified atom stereocenters. The second-order valence-electron chi connectivity index (χ2n) is 5.62. The van der Waals surface area contributed by atoms with E-state index in [-0.39, 0.29) is 11.5 Å². The van der Waals surface area contributed by atoms with Crippen molar-refractivity contribution in [2.24, 2.45) is 0 Å². The van der Waals surface area contributed by atoms with Gasteiger partial charge >= 0.3 is 5.69 Å². The van der Waals surface area contributed by atoms with E-state index in [1.54, 1.807) is 13.0 Å². The Morgan fingerprint density at radius 1 is 1.36 bits per heavy atom. The first-order valence-electron chi connectivity index (χ1n) is 8.31. The molecule has 0 amide bonds. The van der Waals surface area contributed by atoms with Gasteiger partial charge < -0.3 is 15.4 Å². The number of aromatic nitrogens is 5. The molecule has 146 valence electrons. The number of pyridine rings is 1. The van der Waals surface area contributed by atoms with Gasteiger partial charge in [-0.25, -0.2) is 19.3 Å². The third-order valence-electron chi connectivity index (χ3n) is 3.56. The number of H-pyrrole nitrogens is 1. The van der Waals surface area contributed by atoms with E-state index in [0.29, 0.717) is 29.9 Å². The average molecular weight is 388 g/mol. The smallest absolute Gasteiger partial charge is 0.311 e. The van der Waals surface area contributed by atoms with Crippen LogP contribution in [0.1, 0.15) is 25.7 Å². The standard InChI is InChI=1S/C16H17FN8O3/c1-3-28-14-6-13(23-24-14)22-16-11(25(26)27)4-5-12(21-16)20-9(2)15-18-7-10(17)8-19-15/h4-9H,3H2,1-2H3,(H3,20,21,22,23,24)/t9-/m0/s1. The monoisotopic (exact) mass is 388 g/mol. The normalized spacial score (nSPS) is 11.7. The maximum absolute atomic E-state index is 13.0. The van der Waals surface area contributed by atoms with Gasteiger partial charge in [0.2, 0.25) is 11.7 Å². The van der Waals surface area contributed by atoms with Crippen LogP contribution in [0.4, 0.5) is 27.5 Å². The Morgan fingerprint density at radius 2 is 2.11 bits per heavy atom. The number of hydrogen-bond donors (Lipinski definition) is 3. The Kier molecular flexibility index (Phi) is 5.58. The zero-order chi connectivity index (χ0) is 20.1. The van der Waals surface area contributed by atoms with E-state index >= 15 is 0 Å². The van der Waals surface area contributed by atoms with Crippen molar-refractivity contribution in [1.29, 1.82) is 0 Å². The van der Waals surface area contributed by atoms with E-state index in [0.717, 1.165) is 12.4 Å². The van der Waals surface area contributed by atoms with E-state index in [2.05, 4.69) is 35.8 Å². The van der Waals surface area contributed by atoms with Crippen LogP contribution in [0, 0.1) is 15.9 Å². The first-order chi connectivity index (χ1) is 13.5. The van der Waals surface area contributed by atoms with Gasteiger partial charge in [-0.3, -0.25) is 15.2 Å². The Balaban J connectivity index is 1.82. The average Bonchev–Trinajstić information content (AvgIpc) is 3.09. The summed E-state index contributed by atoms with van der Waals surface area (Å²) in [6.45, 7) is 4.01. The van der Waals surface area contributed by atoms with Gasteiger partial charge in [-0.2, -0.15) is 0 Å². The molecule has 3 heterocycles. The van der Waals surface area contributed by atoms with Crippen LogP contribution in [0.5, 0.6) is 5.88 Å². The number of nitrogens with zero attached hydrogens (tertiary/aromatic N) is 5. The maximum Gasteiger partial charge on any atom is 0.311 e. The Bertz CT molecular complexity index is 963. The Morgan fingerprint density at radius 3 is 2.79 bits per heavy atom. The van der Waals surface area contributed by atoms with Gasteiger partial charge in [0.25, 0.3) is 0 Å². The summed E-state index contributed by atoms with van der Waals surface area (Å²) >= 11 is 0. The number of nitrogens with one attached hydrogen (secondary N) is 3. The van der Waals surface area contributed by atoms with Gasteiger partial charge in [-0.05, 0) is 19.9 Å². The molecule has 11 nitrogen and oxygen atoms in total. The number of halogens is 1. The van der Waals surface area contributed by atoms with E-state index in [9.17, 15) is 14.5 Å². The van der Waals surface area contributed by atoms with Crippen LogP contribution in [0.15, 0.2) is 30.6 Å². The molecule has 0 aliphatic rings. The van der Waals surface area contributed by atoms with Crippen LogP contribution in [0.2, 0.25) is 0 Å². The van der Waals surface area contributed by atoms with Crippen LogP contribution in [0.3, 0.4) is 0 Å². The van der Waals surface area contributed by atoms with E-state index in [4.69, 9.17) is 4.74 Å². The fourth-order valence-electron chi connectivity index (χ4n) is 2.32. The fraction of sp³-hybridized carbons (Fsp3) is 0.250. The topological polar surface area (TPSA) is 144 Å². The van der Waals surface area contributed by atoms with Gasteiger partial charge in [-0.1, -0.05) is 0 Å². The molecule has 3 rings (SSSR count). The predicted octanol–water partition coefficient (Wildman–Crippen LogP) is 2.96. The Labute approximate surface area is 158 Å². The van der Waals surface area contributed by atoms with Crippen LogP contribution < -0.4 is 15.4 Å². The summed E-state index contributed by atoms with van der Waals surface area (Å²) in [6, 6.07) is 3.93. The minimum absolute atomic E-state index is 0.00826. The summed E-state index contributed by atoms with van der Waals surface area (Å²) in [4.78, 5) is 22.8. The van der Waals surface area contributed by atoms with Crippen molar-refractivity contribution < 1.29 is 14.1 Å². The lowest BCUT2D eigenvalue weighted by Crippen LogP contribution is -2.12. The molecule has 0 bridgehead atoms. The zero-order valence-corrected chi connectivity index (χ0v) is 15.0. The van der Waals surface area contributed by atoms with Gasteiger partial charge in [0, 0.05) is 12.1 Å². The molecule has 0 radical (unpaired) electrons. The molecule has 0 fully saturated rings. The molecule has 28 heavy (non-hydrogen) atoms. The second-order valence-corrected chi connectivity index (χ2v) is 5.62. The summed E-state index contributed by atoms with van der Waals surface area (Å²) in [5, 5.41) is 23.7. The molecule has 3 aromatic rings. The van der Waals surface area contributed by atoms with Gasteiger partial charge in [0.15, 0.2) is 5.82 Å². The molecule has 0 saturated carbocycles. The van der Waals surface area contributed by atoms with Crippen molar-refractivity contribution in [3.05, 3.63) is 52.3 Å². The molecule has 3 N–H and O–H groups in total. The summed E-state index contributed by atoms with van der Waals surface area (Å²) in [6.07, 6.45) is 2.12. The van der Waals surface area contributed by atoms with Gasteiger partial charge in [-0.15, -0.1) is 5.10 Å². The van der Waals surface area contributed by atoms with Gasteiger partial charge in [0.05, 0.1) is 30.0 Å². The number of rotatable bonds is 8. The molecule has 1 atom stereocenters. The second kappa shape index (κ2) is 8.24. The number of ether oxygens (including phenoxy) is 1. The summed E-state index contributed by atoms with van der Waals surface area (Å²) in [7, 11) is 0. The van der Waals surface area contributed by atoms with Crippen molar-refractivity contribution >= 4 is 23.1 Å². The summed E-state index contributed by atoms with van der Waals surface area (Å²) < 4.78 is 18.2. The van der Waals surface area contributed by atoms with Crippen molar-refractivity contribution in [1.82, 2.24) is 25.1 Å². The molecule has 0 aromatic carbocycles. The molecule has 0 aliphatic heterocycles. The predicted molar refractivity (Wildman–Crippen MR) is 98.0 cm³/mol.